The van der Waals surface area contributed by atoms with Gasteiger partial charge in [-0.3, -0.25) is 4.79 Å². The van der Waals surface area contributed by atoms with Gasteiger partial charge in [-0.25, -0.2) is 4.79 Å². The second kappa shape index (κ2) is 11.3. The topological polar surface area (TPSA) is 68.9 Å². The molecule has 188 valence electrons. The molecule has 0 saturated carbocycles. The van der Waals surface area contributed by atoms with Gasteiger partial charge in [-0.15, -0.1) is 11.8 Å². The van der Waals surface area contributed by atoms with E-state index in [-0.39, 0.29) is 5.78 Å². The molecule has 0 N–H and O–H groups in total. The molecule has 0 bridgehead atoms. The van der Waals surface area contributed by atoms with Crippen molar-refractivity contribution in [2.24, 2.45) is 5.16 Å². The van der Waals surface area contributed by atoms with Crippen LogP contribution in [0.2, 0.25) is 0 Å². The van der Waals surface area contributed by atoms with E-state index in [1.807, 2.05) is 104 Å². The number of para-hydroxylation sites is 1. The van der Waals surface area contributed by atoms with Gasteiger partial charge in [-0.1, -0.05) is 71.9 Å². The summed E-state index contributed by atoms with van der Waals surface area (Å²) in [5.41, 5.74) is 5.86. The monoisotopic (exact) mass is 519 g/mol. The molecule has 0 fully saturated rings. The van der Waals surface area contributed by atoms with E-state index in [1.165, 1.54) is 6.92 Å². The van der Waals surface area contributed by atoms with E-state index in [2.05, 4.69) is 5.16 Å². The van der Waals surface area contributed by atoms with Crippen LogP contribution in [0.1, 0.15) is 45.3 Å². The number of fused-ring (bicyclic) bond motifs is 1. The summed E-state index contributed by atoms with van der Waals surface area (Å²) < 4.78 is 5.72. The first kappa shape index (κ1) is 25.2. The van der Waals surface area contributed by atoms with Crippen molar-refractivity contribution in [2.75, 3.05) is 0 Å². The minimum absolute atomic E-state index is 0.131. The quantitative estimate of drug-likeness (QED) is 0.0695. The summed E-state index contributed by atoms with van der Waals surface area (Å²) >= 11 is 1.69. The number of thioether (sulfide) groups is 1. The van der Waals surface area contributed by atoms with Crippen LogP contribution in [0, 0.1) is 6.92 Å². The number of rotatable bonds is 8. The highest BCUT2D eigenvalue weighted by atomic mass is 32.2. The highest BCUT2D eigenvalue weighted by molar-refractivity contribution is 7.98. The van der Waals surface area contributed by atoms with E-state index in [4.69, 9.17) is 9.25 Å². The van der Waals surface area contributed by atoms with E-state index in [1.54, 1.807) is 17.8 Å². The van der Waals surface area contributed by atoms with Gasteiger partial charge in [0.05, 0.1) is 0 Å². The minimum Gasteiger partial charge on any atom is -0.453 e. The van der Waals surface area contributed by atoms with Crippen molar-refractivity contribution in [1.29, 1.82) is 0 Å². The third kappa shape index (κ3) is 5.76. The van der Waals surface area contributed by atoms with Crippen LogP contribution in [0.15, 0.2) is 118 Å². The van der Waals surface area contributed by atoms with E-state index < -0.39 is 5.97 Å². The first-order valence-electron chi connectivity index (χ1n) is 12.1. The fourth-order valence-electron chi connectivity index (χ4n) is 4.07. The molecule has 1 aromatic heterocycles. The Morgan fingerprint density at radius 1 is 0.842 bits per heavy atom. The zero-order valence-electron chi connectivity index (χ0n) is 21.0. The lowest BCUT2D eigenvalue weighted by Crippen LogP contribution is -2.08. The number of benzene rings is 4. The van der Waals surface area contributed by atoms with Crippen LogP contribution in [-0.2, 0) is 15.4 Å². The van der Waals surface area contributed by atoms with Gasteiger partial charge in [-0.05, 0) is 54.4 Å². The molecule has 5 nitrogen and oxygen atoms in total. The molecule has 0 spiro atoms. The van der Waals surface area contributed by atoms with Gasteiger partial charge in [-0.2, -0.15) is 0 Å². The van der Waals surface area contributed by atoms with Crippen molar-refractivity contribution in [3.63, 3.8) is 0 Å². The lowest BCUT2D eigenvalue weighted by atomic mass is 9.98. The molecule has 4 aromatic carbocycles. The number of hydrogen-bond donors (Lipinski definition) is 0. The van der Waals surface area contributed by atoms with Crippen molar-refractivity contribution in [2.45, 2.75) is 24.5 Å². The largest absolute Gasteiger partial charge is 0.453 e. The molecule has 5 rings (SSSR count). The summed E-state index contributed by atoms with van der Waals surface area (Å²) in [7, 11) is 0. The molecule has 6 heteroatoms. The number of carbonyl (C=O) groups is 2. The van der Waals surface area contributed by atoms with E-state index >= 15 is 0 Å². The minimum atomic E-state index is -0.464. The standard InChI is InChI=1S/C32H25NO4S/c1-21-7-3-5-9-28(21)31(33-37-22(2)34)24-13-11-23(12-14-24)20-38-27-17-15-25(16-18-27)32(35)30-19-26-8-4-6-10-29(26)36-30/h3-19H,20H2,1-2H3/b33-31-. The number of aryl methyl sites for hydroxylation is 1. The van der Waals surface area contributed by atoms with Crippen molar-refractivity contribution in [3.05, 3.63) is 137 Å². The molecule has 38 heavy (non-hydrogen) atoms. The number of furan rings is 1. The van der Waals surface area contributed by atoms with Crippen LogP contribution >= 0.6 is 11.8 Å². The van der Waals surface area contributed by atoms with Crippen LogP contribution in [0.5, 0.6) is 0 Å². The summed E-state index contributed by atoms with van der Waals surface area (Å²) in [4.78, 5) is 30.3. The molecule has 0 aliphatic rings. The van der Waals surface area contributed by atoms with Crippen molar-refractivity contribution < 1.29 is 18.8 Å². The number of ketones is 1. The average molecular weight is 520 g/mol. The van der Waals surface area contributed by atoms with Crippen LogP contribution < -0.4 is 0 Å². The highest BCUT2D eigenvalue weighted by Gasteiger charge is 2.15. The van der Waals surface area contributed by atoms with Crippen LogP contribution in [0.4, 0.5) is 0 Å². The zero-order valence-corrected chi connectivity index (χ0v) is 21.8. The maximum atomic E-state index is 12.9. The maximum Gasteiger partial charge on any atom is 0.332 e. The van der Waals surface area contributed by atoms with Gasteiger partial charge in [0.15, 0.2) is 5.76 Å². The Hall–Kier alpha value is -4.42. The second-order valence-electron chi connectivity index (χ2n) is 8.83. The summed E-state index contributed by atoms with van der Waals surface area (Å²) in [5, 5.41) is 5.05. The van der Waals surface area contributed by atoms with Crippen molar-refractivity contribution in [3.8, 4) is 0 Å². The molecule has 0 saturated heterocycles. The molecule has 0 amide bonds. The summed E-state index contributed by atoms with van der Waals surface area (Å²) in [6.07, 6.45) is 0. The predicted octanol–water partition coefficient (Wildman–Crippen LogP) is 7.58. The molecule has 0 aliphatic carbocycles. The van der Waals surface area contributed by atoms with Crippen molar-refractivity contribution >= 4 is 40.2 Å². The highest BCUT2D eigenvalue weighted by Crippen LogP contribution is 2.26. The Morgan fingerprint density at radius 2 is 1.53 bits per heavy atom. The van der Waals surface area contributed by atoms with Crippen molar-refractivity contribution in [1.82, 2.24) is 0 Å². The molecule has 0 unspecified atom stereocenters. The third-order valence-electron chi connectivity index (χ3n) is 6.06. The summed E-state index contributed by atoms with van der Waals surface area (Å²) in [6.45, 7) is 3.33. The number of nitrogens with zero attached hydrogens (tertiary/aromatic N) is 1. The van der Waals surface area contributed by atoms with Gasteiger partial charge in [0.1, 0.15) is 11.3 Å². The molecular weight excluding hydrogens is 494 g/mol. The average Bonchev–Trinajstić information content (AvgIpc) is 3.38. The van der Waals surface area contributed by atoms with Gasteiger partial charge in [0, 0.05) is 39.6 Å². The number of oxime groups is 1. The first-order chi connectivity index (χ1) is 18.5. The Kier molecular flexibility index (Phi) is 7.52. The molecule has 1 heterocycles. The fourth-order valence-corrected chi connectivity index (χ4v) is 4.92. The smallest absolute Gasteiger partial charge is 0.332 e. The first-order valence-corrected chi connectivity index (χ1v) is 13.1. The molecular formula is C32H25NO4S. The second-order valence-corrected chi connectivity index (χ2v) is 9.87. The van der Waals surface area contributed by atoms with Crippen LogP contribution in [-0.4, -0.2) is 17.5 Å². The molecule has 0 aliphatic heterocycles. The summed E-state index contributed by atoms with van der Waals surface area (Å²) in [6, 6.07) is 32.9. The Bertz CT molecular complexity index is 1600. The predicted molar refractivity (Wildman–Crippen MR) is 151 cm³/mol. The van der Waals surface area contributed by atoms with E-state index in [9.17, 15) is 9.59 Å². The normalized spacial score (nSPS) is 11.5. The lowest BCUT2D eigenvalue weighted by Gasteiger charge is -2.10. The van der Waals surface area contributed by atoms with Gasteiger partial charge >= 0.3 is 5.97 Å². The fraction of sp³-hybridized carbons (Fsp3) is 0.0938. The van der Waals surface area contributed by atoms with Gasteiger partial charge in [0.25, 0.3) is 0 Å². The van der Waals surface area contributed by atoms with E-state index in [0.29, 0.717) is 22.6 Å². The molecule has 0 radical (unpaired) electrons. The van der Waals surface area contributed by atoms with Crippen LogP contribution in [0.3, 0.4) is 0 Å². The number of hydrogen-bond acceptors (Lipinski definition) is 6. The lowest BCUT2D eigenvalue weighted by molar-refractivity contribution is -0.140. The van der Waals surface area contributed by atoms with E-state index in [0.717, 1.165) is 38.3 Å². The Labute approximate surface area is 225 Å². The number of carbonyl (C=O) groups excluding carboxylic acids is 2. The SMILES string of the molecule is CC(=O)O/N=C(/c1ccc(CSc2ccc(C(=O)c3cc4ccccc4o3)cc2)cc1)c1ccccc1C. The van der Waals surface area contributed by atoms with Gasteiger partial charge < -0.3 is 9.25 Å². The maximum absolute atomic E-state index is 12.9. The zero-order chi connectivity index (χ0) is 26.5. The van der Waals surface area contributed by atoms with Crippen LogP contribution in [0.25, 0.3) is 11.0 Å². The third-order valence-corrected chi connectivity index (χ3v) is 7.15. The molecule has 5 aromatic rings. The molecule has 0 atom stereocenters. The summed E-state index contributed by atoms with van der Waals surface area (Å²) in [5.74, 6) is 0.509. The van der Waals surface area contributed by atoms with Gasteiger partial charge in [0.2, 0.25) is 5.78 Å². The Balaban J connectivity index is 1.26. The Morgan fingerprint density at radius 3 is 2.24 bits per heavy atom.